The molecule has 0 bridgehead atoms. The molecular weight excluding hydrogens is 358 g/mol. The lowest BCUT2D eigenvalue weighted by molar-refractivity contribution is 0.0600. The van der Waals surface area contributed by atoms with E-state index in [1.165, 1.54) is 66.9 Å². The van der Waals surface area contributed by atoms with Gasteiger partial charge in [-0.3, -0.25) is 0 Å². The van der Waals surface area contributed by atoms with Crippen LogP contribution in [0.15, 0.2) is 48.5 Å². The number of nitrogens with zero attached hydrogens (tertiary/aromatic N) is 1. The van der Waals surface area contributed by atoms with Crippen molar-refractivity contribution in [3.63, 3.8) is 0 Å². The van der Waals surface area contributed by atoms with E-state index in [0.717, 1.165) is 18.5 Å². The average Bonchev–Trinajstić information content (AvgIpc) is 2.95. The zero-order valence-corrected chi connectivity index (χ0v) is 17.0. The molecule has 0 atom stereocenters. The number of aromatic nitrogens is 1. The maximum absolute atomic E-state index is 12.5. The molecule has 0 spiro atoms. The number of carbonyl (C=O) groups is 1. The highest BCUT2D eigenvalue weighted by Crippen LogP contribution is 2.46. The first-order chi connectivity index (χ1) is 14.3. The third-order valence-corrected chi connectivity index (χ3v) is 6.57. The van der Waals surface area contributed by atoms with Gasteiger partial charge in [-0.1, -0.05) is 67.8 Å². The molecule has 148 valence electrons. The molecule has 0 radical (unpaired) electrons. The van der Waals surface area contributed by atoms with Gasteiger partial charge in [0.1, 0.15) is 0 Å². The van der Waals surface area contributed by atoms with Gasteiger partial charge in [0.2, 0.25) is 0 Å². The predicted octanol–water partition coefficient (Wildman–Crippen LogP) is 6.56. The molecule has 1 fully saturated rings. The largest absolute Gasteiger partial charge is 0.465 e. The lowest BCUT2D eigenvalue weighted by Crippen LogP contribution is -2.07. The molecule has 3 nitrogen and oxygen atoms in total. The van der Waals surface area contributed by atoms with Crippen molar-refractivity contribution in [1.82, 2.24) is 4.57 Å². The lowest BCUT2D eigenvalue weighted by Gasteiger charge is -2.23. The van der Waals surface area contributed by atoms with Crippen molar-refractivity contribution in [2.75, 3.05) is 7.11 Å². The molecule has 0 N–H and O–H groups in total. The van der Waals surface area contributed by atoms with E-state index < -0.39 is 0 Å². The minimum Gasteiger partial charge on any atom is -0.465 e. The summed E-state index contributed by atoms with van der Waals surface area (Å²) in [5, 5.41) is 1.31. The van der Waals surface area contributed by atoms with Gasteiger partial charge >= 0.3 is 5.97 Å². The van der Waals surface area contributed by atoms with Gasteiger partial charge < -0.3 is 9.30 Å². The topological polar surface area (TPSA) is 31.2 Å². The summed E-state index contributed by atoms with van der Waals surface area (Å²) in [6.07, 6.45) is 11.7. The molecule has 1 aliphatic heterocycles. The summed E-state index contributed by atoms with van der Waals surface area (Å²) in [5.41, 5.74) is 6.97. The number of ether oxygens (including phenoxy) is 1. The molecule has 2 aliphatic rings. The molecule has 2 aromatic carbocycles. The van der Waals surface area contributed by atoms with E-state index >= 15 is 0 Å². The van der Waals surface area contributed by atoms with Crippen LogP contribution < -0.4 is 0 Å². The van der Waals surface area contributed by atoms with Gasteiger partial charge in [-0.15, -0.1) is 0 Å². The maximum Gasteiger partial charge on any atom is 0.338 e. The van der Waals surface area contributed by atoms with E-state index in [1.54, 1.807) is 0 Å². The third-order valence-electron chi connectivity index (χ3n) is 6.57. The van der Waals surface area contributed by atoms with Gasteiger partial charge in [-0.2, -0.15) is 0 Å². The van der Waals surface area contributed by atoms with E-state index in [0.29, 0.717) is 11.5 Å². The molecule has 1 aliphatic carbocycles. The first-order valence-electron chi connectivity index (χ1n) is 10.8. The monoisotopic (exact) mass is 385 g/mol. The van der Waals surface area contributed by atoms with Gasteiger partial charge in [-0.25, -0.2) is 4.79 Å². The Balaban J connectivity index is 1.87. The smallest absolute Gasteiger partial charge is 0.338 e. The Morgan fingerprint density at radius 2 is 1.83 bits per heavy atom. The van der Waals surface area contributed by atoms with Crippen molar-refractivity contribution in [2.24, 2.45) is 0 Å². The van der Waals surface area contributed by atoms with Crippen molar-refractivity contribution in [3.8, 4) is 11.3 Å². The van der Waals surface area contributed by atoms with Crippen molar-refractivity contribution in [2.45, 2.75) is 51.0 Å². The molecule has 1 saturated carbocycles. The van der Waals surface area contributed by atoms with Crippen LogP contribution in [-0.4, -0.2) is 17.6 Å². The zero-order chi connectivity index (χ0) is 19.8. The summed E-state index contributed by atoms with van der Waals surface area (Å²) in [6.45, 7) is 0.932. The zero-order valence-electron chi connectivity index (χ0n) is 17.0. The number of esters is 1. The minimum atomic E-state index is -0.262. The van der Waals surface area contributed by atoms with Gasteiger partial charge in [-0.05, 0) is 42.4 Å². The second-order valence-electron chi connectivity index (χ2n) is 8.22. The van der Waals surface area contributed by atoms with Crippen LogP contribution in [0.5, 0.6) is 0 Å². The Hall–Kier alpha value is -2.81. The summed E-state index contributed by atoms with van der Waals surface area (Å²) in [6, 6.07) is 14.9. The Bertz CT molecular complexity index is 1090. The van der Waals surface area contributed by atoms with Crippen LogP contribution in [-0.2, 0) is 11.3 Å². The number of allylic oxidation sites excluding steroid dienone is 1. The first kappa shape index (κ1) is 18.2. The van der Waals surface area contributed by atoms with E-state index in [-0.39, 0.29) is 5.97 Å². The number of hydrogen-bond donors (Lipinski definition) is 0. The summed E-state index contributed by atoms with van der Waals surface area (Å²) in [5.74, 6) is 0.324. The van der Waals surface area contributed by atoms with Gasteiger partial charge in [0.15, 0.2) is 0 Å². The molecule has 3 aromatic rings. The van der Waals surface area contributed by atoms with Crippen LogP contribution in [0.4, 0.5) is 0 Å². The van der Waals surface area contributed by atoms with Crippen LogP contribution in [0, 0.1) is 0 Å². The Morgan fingerprint density at radius 1 is 1.03 bits per heavy atom. The van der Waals surface area contributed by atoms with Gasteiger partial charge in [0.25, 0.3) is 0 Å². The van der Waals surface area contributed by atoms with Crippen molar-refractivity contribution in [1.29, 1.82) is 0 Å². The number of aryl methyl sites for hydroxylation is 1. The van der Waals surface area contributed by atoms with Crippen LogP contribution >= 0.6 is 0 Å². The normalized spacial score (nSPS) is 16.7. The molecule has 3 heteroatoms. The SMILES string of the molecule is COC(=O)c1ccc2c(C3CCCCC3)c(-c3ccccc3)n3c2c1C=CCC3. The van der Waals surface area contributed by atoms with Crippen molar-refractivity contribution in [3.05, 3.63) is 65.2 Å². The van der Waals surface area contributed by atoms with E-state index in [1.807, 2.05) is 6.07 Å². The highest BCUT2D eigenvalue weighted by Gasteiger charge is 2.29. The highest BCUT2D eigenvalue weighted by atomic mass is 16.5. The Kier molecular flexibility index (Phi) is 4.75. The van der Waals surface area contributed by atoms with Crippen LogP contribution in [0.25, 0.3) is 28.2 Å². The summed E-state index contributed by atoms with van der Waals surface area (Å²) in [7, 11) is 1.46. The fourth-order valence-corrected chi connectivity index (χ4v) is 5.30. The fraction of sp³-hybridized carbons (Fsp3) is 0.346. The number of carbonyl (C=O) groups excluding carboxylic acids is 1. The second kappa shape index (κ2) is 7.55. The number of benzene rings is 2. The lowest BCUT2D eigenvalue weighted by atomic mass is 9.81. The van der Waals surface area contributed by atoms with Gasteiger partial charge in [0.05, 0.1) is 23.9 Å². The third kappa shape index (κ3) is 3.00. The Labute approximate surface area is 172 Å². The summed E-state index contributed by atoms with van der Waals surface area (Å²) >= 11 is 0. The van der Waals surface area contributed by atoms with Gasteiger partial charge in [0, 0.05) is 17.5 Å². The quantitative estimate of drug-likeness (QED) is 0.478. The van der Waals surface area contributed by atoms with E-state index in [9.17, 15) is 4.79 Å². The molecule has 5 rings (SSSR count). The molecule has 0 amide bonds. The number of rotatable bonds is 3. The first-order valence-corrected chi connectivity index (χ1v) is 10.8. The second-order valence-corrected chi connectivity index (χ2v) is 8.22. The van der Waals surface area contributed by atoms with Crippen LogP contribution in [0.3, 0.4) is 0 Å². The van der Waals surface area contributed by atoms with Crippen LogP contribution in [0.1, 0.15) is 65.9 Å². The Morgan fingerprint density at radius 3 is 2.59 bits per heavy atom. The highest BCUT2D eigenvalue weighted by molar-refractivity contribution is 6.05. The molecule has 1 aromatic heterocycles. The minimum absolute atomic E-state index is 0.262. The summed E-state index contributed by atoms with van der Waals surface area (Å²) < 4.78 is 7.56. The van der Waals surface area contributed by atoms with E-state index in [2.05, 4.69) is 53.1 Å². The fourth-order valence-electron chi connectivity index (χ4n) is 5.30. The average molecular weight is 386 g/mol. The molecule has 0 saturated heterocycles. The van der Waals surface area contributed by atoms with Crippen molar-refractivity contribution < 1.29 is 9.53 Å². The number of methoxy groups -OCH3 is 1. The van der Waals surface area contributed by atoms with Crippen molar-refractivity contribution >= 4 is 22.9 Å². The van der Waals surface area contributed by atoms with Crippen LogP contribution in [0.2, 0.25) is 0 Å². The summed E-state index contributed by atoms with van der Waals surface area (Å²) in [4.78, 5) is 12.5. The number of hydrogen-bond acceptors (Lipinski definition) is 2. The molecule has 2 heterocycles. The molecule has 29 heavy (non-hydrogen) atoms. The predicted molar refractivity (Wildman–Crippen MR) is 118 cm³/mol. The molecular formula is C26H27NO2. The van der Waals surface area contributed by atoms with E-state index in [4.69, 9.17) is 4.74 Å². The standard InChI is InChI=1S/C26H27NO2/c1-29-26(28)21-15-16-22-23(18-10-4-2-5-11-18)24(19-12-6-3-7-13-19)27-17-9-8-14-20(21)25(22)27/h3,6-8,12-16,18H,2,4-5,9-11,17H2,1H3. The maximum atomic E-state index is 12.5. The molecule has 0 unspecified atom stereocenters.